The van der Waals surface area contributed by atoms with Crippen LogP contribution in [-0.4, -0.2) is 107 Å². The lowest BCUT2D eigenvalue weighted by Gasteiger charge is -2.60. The third kappa shape index (κ3) is 4.87. The maximum Gasteiger partial charge on any atom is 0.224 e. The lowest BCUT2D eigenvalue weighted by atomic mass is 9.83. The Morgan fingerprint density at radius 3 is 1.97 bits per heavy atom. The topological polar surface area (TPSA) is 122 Å². The van der Waals surface area contributed by atoms with E-state index in [1.807, 2.05) is 4.90 Å². The number of aliphatic hydroxyl groups is 1. The number of aliphatic hydroxyl groups excluding tert-OH is 1. The summed E-state index contributed by atoms with van der Waals surface area (Å²) in [5, 5.41) is 15.4. The Labute approximate surface area is 170 Å². The number of likely N-dealkylation sites (tertiary alicyclic amines) is 1. The molecule has 4 amide bonds. The predicted molar refractivity (Wildman–Crippen MR) is 104 cm³/mol. The zero-order valence-corrected chi connectivity index (χ0v) is 17.1. The molecule has 3 N–H and O–H groups in total. The van der Waals surface area contributed by atoms with Crippen molar-refractivity contribution in [3.8, 4) is 0 Å². The van der Waals surface area contributed by atoms with Crippen LogP contribution in [0.25, 0.3) is 0 Å². The van der Waals surface area contributed by atoms with Gasteiger partial charge in [0.1, 0.15) is 0 Å². The van der Waals surface area contributed by atoms with Crippen molar-refractivity contribution in [2.24, 2.45) is 0 Å². The number of piperazine rings is 1. The molecule has 29 heavy (non-hydrogen) atoms. The second-order valence-corrected chi connectivity index (χ2v) is 8.41. The molecule has 0 aliphatic carbocycles. The Bertz CT molecular complexity index is 678. The molecular weight excluding hydrogens is 378 g/mol. The highest BCUT2D eigenvalue weighted by atomic mass is 16.3. The van der Waals surface area contributed by atoms with Crippen molar-refractivity contribution in [2.75, 3.05) is 45.8 Å². The van der Waals surface area contributed by atoms with Gasteiger partial charge >= 0.3 is 0 Å². The molecule has 0 unspecified atom stereocenters. The standard InChI is InChI=1S/C19H31N5O5/c1-13(25)20-5-3-17(28)22-8-15-7-16(27)9-24(15)19(10-22)11-23(12-19)18(29)4-6-21-14(2)26/h15-16,27H,3-12H2,1-2H3,(H,20,25)(H,21,26)/t15-,16-/m1/s1. The van der Waals surface area contributed by atoms with E-state index in [-0.39, 0.29) is 48.1 Å². The van der Waals surface area contributed by atoms with Gasteiger partial charge < -0.3 is 25.5 Å². The van der Waals surface area contributed by atoms with Crippen LogP contribution in [0.15, 0.2) is 0 Å². The molecule has 0 radical (unpaired) electrons. The number of carbonyl (C=O) groups is 4. The molecule has 162 valence electrons. The Hall–Kier alpha value is -2.20. The molecule has 3 rings (SSSR count). The minimum absolute atomic E-state index is 0.0187. The monoisotopic (exact) mass is 409 g/mol. The summed E-state index contributed by atoms with van der Waals surface area (Å²) in [6, 6.07) is 0.0834. The maximum absolute atomic E-state index is 12.7. The van der Waals surface area contributed by atoms with E-state index < -0.39 is 6.10 Å². The Kier molecular flexibility index (Phi) is 6.42. The summed E-state index contributed by atoms with van der Waals surface area (Å²) >= 11 is 0. The Balaban J connectivity index is 1.59. The minimum atomic E-state index is -0.421. The summed E-state index contributed by atoms with van der Waals surface area (Å²) in [4.78, 5) is 52.9. The molecule has 3 fully saturated rings. The zero-order chi connectivity index (χ0) is 21.2. The maximum atomic E-state index is 12.7. The van der Waals surface area contributed by atoms with Crippen LogP contribution in [0.1, 0.15) is 33.1 Å². The number of carbonyl (C=O) groups excluding carboxylic acids is 4. The van der Waals surface area contributed by atoms with E-state index in [0.717, 1.165) is 0 Å². The number of fused-ring (bicyclic) bond motifs is 2. The van der Waals surface area contributed by atoms with Gasteiger partial charge in [-0.05, 0) is 6.42 Å². The molecule has 0 aromatic heterocycles. The molecule has 0 aromatic carbocycles. The van der Waals surface area contributed by atoms with E-state index in [9.17, 15) is 24.3 Å². The normalized spacial score (nSPS) is 25.3. The van der Waals surface area contributed by atoms with Crippen molar-refractivity contribution in [1.82, 2.24) is 25.3 Å². The van der Waals surface area contributed by atoms with Crippen molar-refractivity contribution < 1.29 is 24.3 Å². The molecule has 10 nitrogen and oxygen atoms in total. The molecule has 10 heteroatoms. The number of nitrogens with one attached hydrogen (secondary N) is 2. The van der Waals surface area contributed by atoms with Gasteiger partial charge in [-0.15, -0.1) is 0 Å². The first-order valence-corrected chi connectivity index (χ1v) is 10.2. The van der Waals surface area contributed by atoms with E-state index in [1.54, 1.807) is 4.90 Å². The van der Waals surface area contributed by atoms with E-state index in [0.29, 0.717) is 52.2 Å². The number of β-amino-alcohol motifs (C(OH)–C–C–N with tert-alkyl or cyclic N) is 1. The second kappa shape index (κ2) is 8.66. The van der Waals surface area contributed by atoms with Crippen molar-refractivity contribution >= 4 is 23.6 Å². The number of hydrogen-bond donors (Lipinski definition) is 3. The van der Waals surface area contributed by atoms with Crippen LogP contribution in [0.3, 0.4) is 0 Å². The van der Waals surface area contributed by atoms with Crippen LogP contribution in [0.2, 0.25) is 0 Å². The van der Waals surface area contributed by atoms with Crippen molar-refractivity contribution in [1.29, 1.82) is 0 Å². The van der Waals surface area contributed by atoms with Crippen molar-refractivity contribution in [2.45, 2.75) is 50.8 Å². The Morgan fingerprint density at radius 1 is 0.897 bits per heavy atom. The van der Waals surface area contributed by atoms with Gasteiger partial charge in [0.2, 0.25) is 23.6 Å². The van der Waals surface area contributed by atoms with Crippen LogP contribution in [0.4, 0.5) is 0 Å². The van der Waals surface area contributed by atoms with Gasteiger partial charge in [0, 0.05) is 78.5 Å². The molecular formula is C19H31N5O5. The van der Waals surface area contributed by atoms with Gasteiger partial charge in [-0.25, -0.2) is 0 Å². The summed E-state index contributed by atoms with van der Waals surface area (Å²) < 4.78 is 0. The first kappa shape index (κ1) is 21.5. The molecule has 1 spiro atoms. The second-order valence-electron chi connectivity index (χ2n) is 8.41. The van der Waals surface area contributed by atoms with Gasteiger partial charge in [0.05, 0.1) is 11.6 Å². The highest BCUT2D eigenvalue weighted by Gasteiger charge is 2.57. The van der Waals surface area contributed by atoms with E-state index in [4.69, 9.17) is 0 Å². The number of nitrogens with zero attached hydrogens (tertiary/aromatic N) is 3. The smallest absolute Gasteiger partial charge is 0.224 e. The molecule has 3 aliphatic rings. The van der Waals surface area contributed by atoms with E-state index in [2.05, 4.69) is 15.5 Å². The SMILES string of the molecule is CC(=O)NCCC(=O)N1C[C@H]2C[C@@H](O)CN2C2(C1)CN(C(=O)CCNC(C)=O)C2. The largest absolute Gasteiger partial charge is 0.392 e. The average Bonchev–Trinajstić information content (AvgIpc) is 2.98. The summed E-state index contributed by atoms with van der Waals surface area (Å²) in [6.07, 6.45) is 0.690. The third-order valence-electron chi connectivity index (χ3n) is 6.02. The average molecular weight is 409 g/mol. The lowest BCUT2D eigenvalue weighted by molar-refractivity contribution is -0.161. The fourth-order valence-electron chi connectivity index (χ4n) is 4.73. The van der Waals surface area contributed by atoms with Gasteiger partial charge in [0.25, 0.3) is 0 Å². The van der Waals surface area contributed by atoms with Crippen molar-refractivity contribution in [3.05, 3.63) is 0 Å². The fourth-order valence-corrected chi connectivity index (χ4v) is 4.73. The predicted octanol–water partition coefficient (Wildman–Crippen LogP) is -2.10. The third-order valence-corrected chi connectivity index (χ3v) is 6.02. The fraction of sp³-hybridized carbons (Fsp3) is 0.789. The van der Waals surface area contributed by atoms with Crippen LogP contribution in [0, 0.1) is 0 Å². The van der Waals surface area contributed by atoms with E-state index >= 15 is 0 Å². The first-order valence-electron chi connectivity index (χ1n) is 10.2. The van der Waals surface area contributed by atoms with Gasteiger partial charge in [0.15, 0.2) is 0 Å². The highest BCUT2D eigenvalue weighted by Crippen LogP contribution is 2.39. The molecule has 3 aliphatic heterocycles. The molecule has 0 aromatic rings. The zero-order valence-electron chi connectivity index (χ0n) is 17.1. The van der Waals surface area contributed by atoms with Crippen molar-refractivity contribution in [3.63, 3.8) is 0 Å². The van der Waals surface area contributed by atoms with Gasteiger partial charge in [-0.2, -0.15) is 0 Å². The van der Waals surface area contributed by atoms with Crippen LogP contribution in [0.5, 0.6) is 0 Å². The minimum Gasteiger partial charge on any atom is -0.392 e. The van der Waals surface area contributed by atoms with Gasteiger partial charge in [-0.3, -0.25) is 24.1 Å². The Morgan fingerprint density at radius 2 is 1.41 bits per heavy atom. The lowest BCUT2D eigenvalue weighted by Crippen LogP contribution is -2.79. The number of amides is 4. The summed E-state index contributed by atoms with van der Waals surface area (Å²) in [6.45, 7) is 6.14. The van der Waals surface area contributed by atoms with Crippen LogP contribution < -0.4 is 10.6 Å². The van der Waals surface area contributed by atoms with Crippen LogP contribution in [-0.2, 0) is 19.2 Å². The molecule has 3 heterocycles. The summed E-state index contributed by atoms with van der Waals surface area (Å²) in [7, 11) is 0. The molecule has 0 saturated carbocycles. The first-order chi connectivity index (χ1) is 13.7. The quantitative estimate of drug-likeness (QED) is 0.462. The number of hydrogen-bond acceptors (Lipinski definition) is 6. The molecule has 2 atom stereocenters. The van der Waals surface area contributed by atoms with Crippen LogP contribution >= 0.6 is 0 Å². The summed E-state index contributed by atoms with van der Waals surface area (Å²) in [5.41, 5.74) is -0.326. The van der Waals surface area contributed by atoms with Gasteiger partial charge in [-0.1, -0.05) is 0 Å². The van der Waals surface area contributed by atoms with E-state index in [1.165, 1.54) is 13.8 Å². The summed E-state index contributed by atoms with van der Waals surface area (Å²) in [5.74, 6) is -0.359. The number of rotatable bonds is 6. The molecule has 0 bridgehead atoms. The molecule has 3 saturated heterocycles. The highest BCUT2D eigenvalue weighted by molar-refractivity contribution is 5.80.